The van der Waals surface area contributed by atoms with Gasteiger partial charge in [0.25, 0.3) is 0 Å². The average molecular weight is 275 g/mol. The molecule has 0 aliphatic rings. The maximum atomic E-state index is 11.5. The highest BCUT2D eigenvalue weighted by Gasteiger charge is 2.16. The maximum Gasteiger partial charge on any atom is 0.307 e. The number of carbonyl (C=O) groups excluding carboxylic acids is 1. The van der Waals surface area contributed by atoms with E-state index in [0.29, 0.717) is 25.3 Å². The molecular weight excluding hydrogens is 254 g/mol. The number of nitrogens with two attached hydrogens (primary N) is 1. The van der Waals surface area contributed by atoms with Gasteiger partial charge in [0.2, 0.25) is 0 Å². The van der Waals surface area contributed by atoms with Crippen LogP contribution < -0.4 is 5.73 Å². The second-order valence-corrected chi connectivity index (χ2v) is 5.05. The smallest absolute Gasteiger partial charge is 0.307 e. The van der Waals surface area contributed by atoms with E-state index in [0.717, 1.165) is 16.9 Å². The molecule has 1 heterocycles. The van der Waals surface area contributed by atoms with Crippen LogP contribution in [0.5, 0.6) is 0 Å². The first-order valence-electron chi connectivity index (χ1n) is 6.94. The van der Waals surface area contributed by atoms with Crippen LogP contribution in [0.1, 0.15) is 38.9 Å². The number of hydrogen-bond acceptors (Lipinski definition) is 4. The Morgan fingerprint density at radius 1 is 1.45 bits per heavy atom. The predicted octanol–water partition coefficient (Wildman–Crippen LogP) is 2.70. The highest BCUT2D eigenvalue weighted by Crippen LogP contribution is 2.25. The Morgan fingerprint density at radius 2 is 2.20 bits per heavy atom. The SMILES string of the molecule is CCOC(=O)CCn1c(C(C)C)nc2c(N)cccc21. The number of benzene rings is 1. The van der Waals surface area contributed by atoms with Crippen molar-refractivity contribution in [3.63, 3.8) is 0 Å². The number of aromatic nitrogens is 2. The first-order chi connectivity index (χ1) is 9.54. The van der Waals surface area contributed by atoms with Crippen molar-refractivity contribution < 1.29 is 9.53 Å². The number of ether oxygens (including phenoxy) is 1. The van der Waals surface area contributed by atoms with Crippen molar-refractivity contribution in [1.82, 2.24) is 9.55 Å². The third kappa shape index (κ3) is 2.76. The molecule has 0 fully saturated rings. The number of aryl methyl sites for hydroxylation is 1. The van der Waals surface area contributed by atoms with Gasteiger partial charge in [0.05, 0.1) is 24.2 Å². The van der Waals surface area contributed by atoms with Crippen LogP contribution in [0.25, 0.3) is 11.0 Å². The van der Waals surface area contributed by atoms with Gasteiger partial charge in [-0.2, -0.15) is 0 Å². The fourth-order valence-corrected chi connectivity index (χ4v) is 2.30. The average Bonchev–Trinajstić information content (AvgIpc) is 2.77. The van der Waals surface area contributed by atoms with E-state index >= 15 is 0 Å². The van der Waals surface area contributed by atoms with Gasteiger partial charge in [0.1, 0.15) is 11.3 Å². The van der Waals surface area contributed by atoms with Crippen LogP contribution in [-0.4, -0.2) is 22.1 Å². The predicted molar refractivity (Wildman–Crippen MR) is 79.5 cm³/mol. The Morgan fingerprint density at radius 3 is 2.85 bits per heavy atom. The van der Waals surface area contributed by atoms with Gasteiger partial charge in [-0.15, -0.1) is 0 Å². The Labute approximate surface area is 118 Å². The summed E-state index contributed by atoms with van der Waals surface area (Å²) in [4.78, 5) is 16.2. The van der Waals surface area contributed by atoms with Gasteiger partial charge in [-0.05, 0) is 19.1 Å². The fraction of sp³-hybridized carbons (Fsp3) is 0.467. The molecule has 0 aliphatic heterocycles. The van der Waals surface area contributed by atoms with Gasteiger partial charge in [-0.1, -0.05) is 19.9 Å². The minimum Gasteiger partial charge on any atom is -0.466 e. The van der Waals surface area contributed by atoms with Gasteiger partial charge < -0.3 is 15.0 Å². The van der Waals surface area contributed by atoms with Crippen LogP contribution >= 0.6 is 0 Å². The number of imidazole rings is 1. The summed E-state index contributed by atoms with van der Waals surface area (Å²) < 4.78 is 7.04. The summed E-state index contributed by atoms with van der Waals surface area (Å²) in [5, 5.41) is 0. The van der Waals surface area contributed by atoms with Crippen molar-refractivity contribution in [1.29, 1.82) is 0 Å². The van der Waals surface area contributed by atoms with E-state index in [1.165, 1.54) is 0 Å². The summed E-state index contributed by atoms with van der Waals surface area (Å²) in [5.74, 6) is 1.03. The van der Waals surface area contributed by atoms with Crippen molar-refractivity contribution in [3.05, 3.63) is 24.0 Å². The van der Waals surface area contributed by atoms with Crippen molar-refractivity contribution in [3.8, 4) is 0 Å². The molecule has 0 saturated carbocycles. The van der Waals surface area contributed by atoms with Crippen LogP contribution in [-0.2, 0) is 16.1 Å². The van der Waals surface area contributed by atoms with E-state index in [-0.39, 0.29) is 11.9 Å². The number of fused-ring (bicyclic) bond motifs is 1. The molecule has 0 spiro atoms. The van der Waals surface area contributed by atoms with Crippen LogP contribution in [0, 0.1) is 0 Å². The van der Waals surface area contributed by atoms with Gasteiger partial charge >= 0.3 is 5.97 Å². The zero-order valence-corrected chi connectivity index (χ0v) is 12.2. The molecule has 108 valence electrons. The second-order valence-electron chi connectivity index (χ2n) is 5.05. The van der Waals surface area contributed by atoms with Gasteiger partial charge in [0.15, 0.2) is 0 Å². The molecule has 0 atom stereocenters. The van der Waals surface area contributed by atoms with Gasteiger partial charge in [0, 0.05) is 12.5 Å². The largest absolute Gasteiger partial charge is 0.466 e. The third-order valence-electron chi connectivity index (χ3n) is 3.20. The summed E-state index contributed by atoms with van der Waals surface area (Å²) in [7, 11) is 0. The van der Waals surface area contributed by atoms with Crippen molar-refractivity contribution in [2.75, 3.05) is 12.3 Å². The number of anilines is 1. The van der Waals surface area contributed by atoms with E-state index in [2.05, 4.69) is 23.4 Å². The van der Waals surface area contributed by atoms with Crippen LogP contribution in [0.15, 0.2) is 18.2 Å². The van der Waals surface area contributed by atoms with Crippen LogP contribution in [0.3, 0.4) is 0 Å². The number of esters is 1. The first kappa shape index (κ1) is 14.4. The highest BCUT2D eigenvalue weighted by molar-refractivity contribution is 5.87. The Balaban J connectivity index is 2.37. The molecule has 0 radical (unpaired) electrons. The van der Waals surface area contributed by atoms with Crippen molar-refractivity contribution in [2.45, 2.75) is 39.7 Å². The molecule has 0 aliphatic carbocycles. The Kier molecular flexibility index (Phi) is 4.27. The van der Waals surface area contributed by atoms with E-state index in [4.69, 9.17) is 10.5 Å². The minimum atomic E-state index is -0.187. The zero-order valence-electron chi connectivity index (χ0n) is 12.2. The molecule has 1 aromatic carbocycles. The first-order valence-corrected chi connectivity index (χ1v) is 6.94. The second kappa shape index (κ2) is 5.94. The molecule has 0 amide bonds. The number of carbonyl (C=O) groups is 1. The molecule has 2 aromatic rings. The lowest BCUT2D eigenvalue weighted by molar-refractivity contribution is -0.143. The highest BCUT2D eigenvalue weighted by atomic mass is 16.5. The van der Waals surface area contributed by atoms with Crippen LogP contribution in [0.4, 0.5) is 5.69 Å². The van der Waals surface area contributed by atoms with Gasteiger partial charge in [-0.3, -0.25) is 4.79 Å². The molecule has 0 unspecified atom stereocenters. The summed E-state index contributed by atoms with van der Waals surface area (Å²) >= 11 is 0. The standard InChI is InChI=1S/C15H21N3O2/c1-4-20-13(19)8-9-18-12-7-5-6-11(16)14(12)17-15(18)10(2)3/h5-7,10H,4,8-9,16H2,1-3H3. The summed E-state index contributed by atoms with van der Waals surface area (Å²) in [5.41, 5.74) is 8.42. The molecule has 5 nitrogen and oxygen atoms in total. The van der Waals surface area contributed by atoms with E-state index in [1.54, 1.807) is 0 Å². The molecular formula is C15H21N3O2. The number of nitrogens with zero attached hydrogens (tertiary/aromatic N) is 2. The normalized spacial score (nSPS) is 11.2. The maximum absolute atomic E-state index is 11.5. The fourth-order valence-electron chi connectivity index (χ4n) is 2.30. The monoisotopic (exact) mass is 275 g/mol. The van der Waals surface area contributed by atoms with E-state index in [9.17, 15) is 4.79 Å². The quantitative estimate of drug-likeness (QED) is 0.672. The topological polar surface area (TPSA) is 70.1 Å². The number of para-hydroxylation sites is 1. The third-order valence-corrected chi connectivity index (χ3v) is 3.20. The molecule has 5 heteroatoms. The zero-order chi connectivity index (χ0) is 14.7. The van der Waals surface area contributed by atoms with Crippen LogP contribution in [0.2, 0.25) is 0 Å². The molecule has 0 bridgehead atoms. The molecule has 0 saturated heterocycles. The molecule has 1 aromatic heterocycles. The Bertz CT molecular complexity index is 617. The van der Waals surface area contributed by atoms with Crippen molar-refractivity contribution in [2.24, 2.45) is 0 Å². The molecule has 2 rings (SSSR count). The molecule has 2 N–H and O–H groups in total. The lowest BCUT2D eigenvalue weighted by Gasteiger charge is -2.11. The lowest BCUT2D eigenvalue weighted by atomic mass is 10.2. The van der Waals surface area contributed by atoms with Crippen molar-refractivity contribution >= 4 is 22.7 Å². The molecule has 20 heavy (non-hydrogen) atoms. The summed E-state index contributed by atoms with van der Waals surface area (Å²) in [6.07, 6.45) is 0.341. The van der Waals surface area contributed by atoms with Gasteiger partial charge in [-0.25, -0.2) is 4.98 Å². The van der Waals surface area contributed by atoms with E-state index < -0.39 is 0 Å². The minimum absolute atomic E-state index is 0.187. The number of rotatable bonds is 5. The lowest BCUT2D eigenvalue weighted by Crippen LogP contribution is -2.11. The Hall–Kier alpha value is -2.04. The number of nitrogen functional groups attached to an aromatic ring is 1. The summed E-state index contributed by atoms with van der Waals surface area (Å²) in [6.45, 7) is 6.95. The van der Waals surface area contributed by atoms with E-state index in [1.807, 2.05) is 25.1 Å². The summed E-state index contributed by atoms with van der Waals surface area (Å²) in [6, 6.07) is 5.73. The number of hydrogen-bond donors (Lipinski definition) is 1.